The van der Waals surface area contributed by atoms with Crippen LogP contribution in [0.4, 0.5) is 14.9 Å². The molecule has 136 valence electrons. The second kappa shape index (κ2) is 9.81. The number of hydrogen-bond donors (Lipinski definition) is 3. The molecule has 1 fully saturated rings. The highest BCUT2D eigenvalue weighted by Gasteiger charge is 2.35. The summed E-state index contributed by atoms with van der Waals surface area (Å²) < 4.78 is 14.1. The van der Waals surface area contributed by atoms with E-state index in [4.69, 9.17) is 5.11 Å². The van der Waals surface area contributed by atoms with Gasteiger partial charge in [-0.25, -0.2) is 9.18 Å². The van der Waals surface area contributed by atoms with Gasteiger partial charge in [-0.1, -0.05) is 30.4 Å². The van der Waals surface area contributed by atoms with Gasteiger partial charge in [0.15, 0.2) is 0 Å². The van der Waals surface area contributed by atoms with Gasteiger partial charge in [0.25, 0.3) is 0 Å². The molecule has 0 spiro atoms. The lowest BCUT2D eigenvalue weighted by Gasteiger charge is -2.20. The van der Waals surface area contributed by atoms with Crippen LogP contribution in [0.25, 0.3) is 0 Å². The summed E-state index contributed by atoms with van der Waals surface area (Å²) in [5.41, 5.74) is 0.715. The molecule has 5 nitrogen and oxygen atoms in total. The number of carboxylic acids is 1. The number of carboxylic acid groups (broad SMARTS) is 1. The number of nitrogens with one attached hydrogen (secondary N) is 2. The Morgan fingerprint density at radius 3 is 2.68 bits per heavy atom. The Morgan fingerprint density at radius 2 is 1.96 bits per heavy atom. The first kappa shape index (κ1) is 19.0. The minimum Gasteiger partial charge on any atom is -0.481 e. The molecule has 0 heterocycles. The maximum atomic E-state index is 14.1. The second-order valence-corrected chi connectivity index (χ2v) is 6.36. The molecule has 1 aliphatic carbocycles. The monoisotopic (exact) mass is 348 g/mol. The van der Waals surface area contributed by atoms with Crippen molar-refractivity contribution in [1.29, 1.82) is 0 Å². The van der Waals surface area contributed by atoms with Crippen LogP contribution in [0.15, 0.2) is 42.5 Å². The van der Waals surface area contributed by atoms with Crippen LogP contribution in [0.5, 0.6) is 0 Å². The van der Waals surface area contributed by atoms with Crippen molar-refractivity contribution < 1.29 is 19.1 Å². The van der Waals surface area contributed by atoms with E-state index in [0.717, 1.165) is 6.42 Å². The molecule has 0 aromatic heterocycles. The average molecular weight is 348 g/mol. The van der Waals surface area contributed by atoms with E-state index in [1.54, 1.807) is 18.2 Å². The Bertz CT molecular complexity index is 592. The summed E-state index contributed by atoms with van der Waals surface area (Å²) in [4.78, 5) is 22.4. The van der Waals surface area contributed by atoms with E-state index >= 15 is 0 Å². The first-order valence-corrected chi connectivity index (χ1v) is 8.67. The van der Waals surface area contributed by atoms with Gasteiger partial charge in [0.05, 0.1) is 0 Å². The van der Waals surface area contributed by atoms with Crippen LogP contribution in [0.2, 0.25) is 0 Å². The number of para-hydroxylation sites is 1. The maximum Gasteiger partial charge on any atom is 0.319 e. The molecule has 3 N–H and O–H groups in total. The zero-order chi connectivity index (χ0) is 18.1. The molecule has 0 bridgehead atoms. The van der Waals surface area contributed by atoms with E-state index in [9.17, 15) is 14.0 Å². The zero-order valence-corrected chi connectivity index (χ0v) is 14.2. The fourth-order valence-electron chi connectivity index (χ4n) is 3.19. The predicted octanol–water partition coefficient (Wildman–Crippen LogP) is 3.98. The summed E-state index contributed by atoms with van der Waals surface area (Å²) in [7, 11) is 0. The number of carbonyl (C=O) groups excluding carboxylic acids is 1. The fourth-order valence-corrected chi connectivity index (χ4v) is 3.19. The van der Waals surface area contributed by atoms with Crippen molar-refractivity contribution in [3.8, 4) is 0 Å². The van der Waals surface area contributed by atoms with E-state index in [1.165, 1.54) is 0 Å². The largest absolute Gasteiger partial charge is 0.481 e. The molecule has 0 saturated heterocycles. The highest BCUT2D eigenvalue weighted by Crippen LogP contribution is 2.36. The molecular weight excluding hydrogens is 323 g/mol. The zero-order valence-electron chi connectivity index (χ0n) is 14.2. The van der Waals surface area contributed by atoms with Crippen LogP contribution < -0.4 is 10.6 Å². The number of aliphatic carboxylic acids is 1. The molecule has 1 aromatic carbocycles. The van der Waals surface area contributed by atoms with E-state index in [1.807, 2.05) is 24.3 Å². The third kappa shape index (κ3) is 6.57. The highest BCUT2D eigenvalue weighted by atomic mass is 19.1. The number of benzene rings is 1. The van der Waals surface area contributed by atoms with Gasteiger partial charge in [0.1, 0.15) is 6.17 Å². The van der Waals surface area contributed by atoms with Crippen molar-refractivity contribution in [2.75, 3.05) is 11.9 Å². The Labute approximate surface area is 147 Å². The van der Waals surface area contributed by atoms with Gasteiger partial charge >= 0.3 is 12.0 Å². The summed E-state index contributed by atoms with van der Waals surface area (Å²) in [6.07, 6.45) is 5.18. The normalized spacial score (nSPS) is 22.8. The van der Waals surface area contributed by atoms with E-state index in [0.29, 0.717) is 31.5 Å². The molecule has 6 heteroatoms. The number of alkyl halides is 1. The molecule has 2 amide bonds. The molecule has 1 aliphatic rings. The minimum absolute atomic E-state index is 0.0882. The first-order valence-electron chi connectivity index (χ1n) is 8.67. The molecule has 3 atom stereocenters. The Balaban J connectivity index is 1.75. The van der Waals surface area contributed by atoms with Crippen molar-refractivity contribution >= 4 is 17.7 Å². The van der Waals surface area contributed by atoms with Crippen molar-refractivity contribution in [3.05, 3.63) is 42.5 Å². The van der Waals surface area contributed by atoms with Crippen molar-refractivity contribution in [1.82, 2.24) is 5.32 Å². The highest BCUT2D eigenvalue weighted by molar-refractivity contribution is 5.89. The van der Waals surface area contributed by atoms with E-state index in [-0.39, 0.29) is 24.3 Å². The molecular formula is C19H25FN2O3. The smallest absolute Gasteiger partial charge is 0.319 e. The van der Waals surface area contributed by atoms with Gasteiger partial charge in [0, 0.05) is 18.7 Å². The molecule has 1 saturated carbocycles. The number of allylic oxidation sites excluding steroid dienone is 2. The number of amides is 2. The molecule has 0 radical (unpaired) electrons. The SMILES string of the molecule is O=C(O)CC/C=C\C[C@@H]1[C@@H](CNC(=O)Nc2ccccc2)CC[C@H]1F. The number of halogens is 1. The minimum atomic E-state index is -0.867. The Morgan fingerprint density at radius 1 is 1.20 bits per heavy atom. The van der Waals surface area contributed by atoms with E-state index < -0.39 is 12.1 Å². The third-order valence-corrected chi connectivity index (χ3v) is 4.54. The number of urea groups is 1. The van der Waals surface area contributed by atoms with Crippen molar-refractivity contribution in [2.45, 2.75) is 38.3 Å². The van der Waals surface area contributed by atoms with Gasteiger partial charge in [-0.2, -0.15) is 0 Å². The maximum absolute atomic E-state index is 14.1. The topological polar surface area (TPSA) is 78.4 Å². The quantitative estimate of drug-likeness (QED) is 0.622. The average Bonchev–Trinajstić information content (AvgIpc) is 2.93. The third-order valence-electron chi connectivity index (χ3n) is 4.54. The van der Waals surface area contributed by atoms with Crippen LogP contribution in [0.1, 0.15) is 32.1 Å². The number of carbonyl (C=O) groups is 2. The molecule has 0 aliphatic heterocycles. The predicted molar refractivity (Wildman–Crippen MR) is 95.2 cm³/mol. The van der Waals surface area contributed by atoms with Crippen molar-refractivity contribution in [2.24, 2.45) is 11.8 Å². The van der Waals surface area contributed by atoms with E-state index in [2.05, 4.69) is 10.6 Å². The number of anilines is 1. The lowest BCUT2D eigenvalue weighted by Crippen LogP contribution is -2.34. The second-order valence-electron chi connectivity index (χ2n) is 6.36. The van der Waals surface area contributed by atoms with Crippen LogP contribution in [-0.4, -0.2) is 29.8 Å². The Hall–Kier alpha value is -2.37. The Kier molecular flexibility index (Phi) is 7.44. The molecule has 25 heavy (non-hydrogen) atoms. The molecule has 1 aromatic rings. The number of hydrogen-bond acceptors (Lipinski definition) is 2. The van der Waals surface area contributed by atoms with Crippen LogP contribution in [0.3, 0.4) is 0 Å². The van der Waals surface area contributed by atoms with Gasteiger partial charge in [-0.05, 0) is 49.7 Å². The number of rotatable bonds is 8. The standard InChI is InChI=1S/C19H25FN2O3/c20-17-12-11-14(16(17)9-5-2-6-10-18(23)24)13-21-19(25)22-15-7-3-1-4-8-15/h1-5,7-8,14,16-17H,6,9-13H2,(H,23,24)(H2,21,22,25)/b5-2-/t14-,16-,17-/m1/s1. The summed E-state index contributed by atoms with van der Waals surface area (Å²) >= 11 is 0. The lowest BCUT2D eigenvalue weighted by atomic mass is 9.91. The van der Waals surface area contributed by atoms with Crippen LogP contribution >= 0.6 is 0 Å². The van der Waals surface area contributed by atoms with Gasteiger partial charge in [-0.15, -0.1) is 0 Å². The van der Waals surface area contributed by atoms with Gasteiger partial charge in [-0.3, -0.25) is 4.79 Å². The van der Waals surface area contributed by atoms with Crippen LogP contribution in [-0.2, 0) is 4.79 Å². The summed E-state index contributed by atoms with van der Waals surface area (Å²) in [6.45, 7) is 0.437. The summed E-state index contributed by atoms with van der Waals surface area (Å²) in [5.74, 6) is -0.862. The lowest BCUT2D eigenvalue weighted by molar-refractivity contribution is -0.136. The first-order chi connectivity index (χ1) is 12.1. The van der Waals surface area contributed by atoms with Gasteiger partial charge in [0.2, 0.25) is 0 Å². The van der Waals surface area contributed by atoms with Crippen molar-refractivity contribution in [3.63, 3.8) is 0 Å². The summed E-state index contributed by atoms with van der Waals surface area (Å²) in [6, 6.07) is 8.87. The summed E-state index contributed by atoms with van der Waals surface area (Å²) in [5, 5.41) is 14.2. The fraction of sp³-hybridized carbons (Fsp3) is 0.474. The molecule has 2 rings (SSSR count). The van der Waals surface area contributed by atoms with Crippen LogP contribution in [0, 0.1) is 11.8 Å². The van der Waals surface area contributed by atoms with Gasteiger partial charge < -0.3 is 15.7 Å². The molecule has 0 unspecified atom stereocenters.